The van der Waals surface area contributed by atoms with Crippen LogP contribution in [0, 0.1) is 5.41 Å². The lowest BCUT2D eigenvalue weighted by Gasteiger charge is -2.07. The van der Waals surface area contributed by atoms with Crippen molar-refractivity contribution in [2.45, 2.75) is 18.2 Å². The molecule has 0 spiro atoms. The Bertz CT molecular complexity index is 661. The van der Waals surface area contributed by atoms with Crippen molar-refractivity contribution in [3.63, 3.8) is 0 Å². The molecule has 0 amide bonds. The fraction of sp³-hybridized carbons (Fsp3) is 0.250. The third-order valence-electron chi connectivity index (χ3n) is 2.47. The van der Waals surface area contributed by atoms with E-state index in [0.29, 0.717) is 0 Å². The molecular weight excluding hydrogens is 270 g/mol. The van der Waals surface area contributed by atoms with Gasteiger partial charge in [0.1, 0.15) is 5.71 Å². The lowest BCUT2D eigenvalue weighted by Crippen LogP contribution is -2.15. The Labute approximate surface area is 110 Å². The van der Waals surface area contributed by atoms with E-state index in [-0.39, 0.29) is 22.4 Å². The summed E-state index contributed by atoms with van der Waals surface area (Å²) >= 11 is 0. The number of aromatic carboxylic acids is 1. The van der Waals surface area contributed by atoms with Crippen LogP contribution in [0.3, 0.4) is 0 Å². The predicted octanol–water partition coefficient (Wildman–Crippen LogP) is 1.14. The van der Waals surface area contributed by atoms with E-state index in [4.69, 9.17) is 10.5 Å². The van der Waals surface area contributed by atoms with Gasteiger partial charge in [-0.3, -0.25) is 10.2 Å². The minimum Gasteiger partial charge on any atom is -0.478 e. The van der Waals surface area contributed by atoms with Crippen LogP contribution in [0.5, 0.6) is 0 Å². The zero-order valence-corrected chi connectivity index (χ0v) is 11.2. The summed E-state index contributed by atoms with van der Waals surface area (Å²) in [7, 11) is -3.62. The van der Waals surface area contributed by atoms with Gasteiger partial charge in [0.25, 0.3) is 0 Å². The molecule has 0 saturated carbocycles. The van der Waals surface area contributed by atoms with Gasteiger partial charge in [-0.05, 0) is 18.2 Å². The van der Waals surface area contributed by atoms with Crippen LogP contribution in [0.4, 0.5) is 0 Å². The Morgan fingerprint density at radius 1 is 1.21 bits per heavy atom. The number of Topliss-reactive ketones (excluding diaryl/α,β-unsaturated/α-hetero) is 1. The first kappa shape index (κ1) is 15.0. The maximum Gasteiger partial charge on any atom is 0.335 e. The molecule has 1 aromatic carbocycles. The van der Waals surface area contributed by atoms with Gasteiger partial charge < -0.3 is 5.11 Å². The molecule has 1 rings (SSSR count). The standard InChI is InChI=1S/C12H13NO5S/c1-3-10(14)11(13)7-4-8(12(15)16)6-9(5-7)19(2,17)18/h4-6,13H,3H2,1-2H3,(H,15,16). The van der Waals surface area contributed by atoms with Crippen LogP contribution >= 0.6 is 0 Å². The van der Waals surface area contributed by atoms with Gasteiger partial charge >= 0.3 is 5.97 Å². The second-order valence-electron chi connectivity index (χ2n) is 3.98. The first-order valence-electron chi connectivity index (χ1n) is 5.37. The normalized spacial score (nSPS) is 11.1. The first-order chi connectivity index (χ1) is 8.66. The first-order valence-corrected chi connectivity index (χ1v) is 7.26. The maximum absolute atomic E-state index is 11.5. The smallest absolute Gasteiger partial charge is 0.335 e. The van der Waals surface area contributed by atoms with E-state index < -0.39 is 27.3 Å². The highest BCUT2D eigenvalue weighted by Crippen LogP contribution is 2.16. The van der Waals surface area contributed by atoms with Gasteiger partial charge in [-0.15, -0.1) is 0 Å². The van der Waals surface area contributed by atoms with Crippen molar-refractivity contribution in [3.05, 3.63) is 29.3 Å². The molecule has 2 N–H and O–H groups in total. The number of nitrogens with one attached hydrogen (secondary N) is 1. The van der Waals surface area contributed by atoms with Gasteiger partial charge in [0.2, 0.25) is 0 Å². The third kappa shape index (κ3) is 3.47. The average Bonchev–Trinajstić information content (AvgIpc) is 2.35. The summed E-state index contributed by atoms with van der Waals surface area (Å²) in [6, 6.07) is 3.26. The van der Waals surface area contributed by atoms with Gasteiger partial charge in [0.15, 0.2) is 15.6 Å². The topological polar surface area (TPSA) is 112 Å². The van der Waals surface area contributed by atoms with Gasteiger partial charge in [-0.25, -0.2) is 13.2 Å². The van der Waals surface area contributed by atoms with Crippen molar-refractivity contribution >= 4 is 27.3 Å². The van der Waals surface area contributed by atoms with Crippen molar-refractivity contribution in [3.8, 4) is 0 Å². The molecule has 0 aliphatic rings. The summed E-state index contributed by atoms with van der Waals surface area (Å²) in [6.45, 7) is 1.56. The molecule has 0 saturated heterocycles. The summed E-state index contributed by atoms with van der Waals surface area (Å²) in [4.78, 5) is 22.2. The van der Waals surface area contributed by atoms with Crippen LogP contribution in [0.1, 0.15) is 29.3 Å². The molecule has 6 nitrogen and oxygen atoms in total. The van der Waals surface area contributed by atoms with Crippen LogP contribution in [-0.2, 0) is 14.6 Å². The number of hydrogen-bond acceptors (Lipinski definition) is 5. The number of carbonyl (C=O) groups is 2. The largest absolute Gasteiger partial charge is 0.478 e. The lowest BCUT2D eigenvalue weighted by molar-refractivity contribution is -0.112. The minimum atomic E-state index is -3.62. The number of rotatable bonds is 5. The highest BCUT2D eigenvalue weighted by molar-refractivity contribution is 7.90. The van der Waals surface area contributed by atoms with Crippen LogP contribution in [-0.4, -0.2) is 37.2 Å². The monoisotopic (exact) mass is 283 g/mol. The molecule has 102 valence electrons. The Kier molecular flexibility index (Phi) is 4.21. The molecule has 7 heteroatoms. The number of ketones is 1. The summed E-state index contributed by atoms with van der Waals surface area (Å²) in [6.07, 6.45) is 1.02. The molecular formula is C12H13NO5S. The number of sulfone groups is 1. The summed E-state index contributed by atoms with van der Waals surface area (Å²) in [5, 5.41) is 16.6. The Hall–Kier alpha value is -2.02. The van der Waals surface area contributed by atoms with E-state index >= 15 is 0 Å². The highest BCUT2D eigenvalue weighted by atomic mass is 32.2. The Balaban J connectivity index is 3.50. The fourth-order valence-corrected chi connectivity index (χ4v) is 2.10. The molecule has 0 heterocycles. The summed E-state index contributed by atoms with van der Waals surface area (Å²) in [5.74, 6) is -1.80. The number of benzene rings is 1. The lowest BCUT2D eigenvalue weighted by atomic mass is 10.0. The maximum atomic E-state index is 11.5. The van der Waals surface area contributed by atoms with Crippen molar-refractivity contribution in [2.24, 2.45) is 0 Å². The van der Waals surface area contributed by atoms with E-state index in [9.17, 15) is 18.0 Å². The fourth-order valence-electron chi connectivity index (χ4n) is 1.42. The van der Waals surface area contributed by atoms with E-state index in [1.807, 2.05) is 0 Å². The zero-order chi connectivity index (χ0) is 14.8. The van der Waals surface area contributed by atoms with Crippen molar-refractivity contribution in [2.75, 3.05) is 6.26 Å². The average molecular weight is 283 g/mol. The van der Waals surface area contributed by atoms with E-state index in [0.717, 1.165) is 24.5 Å². The van der Waals surface area contributed by atoms with E-state index in [2.05, 4.69) is 0 Å². The molecule has 0 aromatic heterocycles. The highest BCUT2D eigenvalue weighted by Gasteiger charge is 2.17. The van der Waals surface area contributed by atoms with Crippen molar-refractivity contribution in [1.82, 2.24) is 0 Å². The number of hydrogen-bond donors (Lipinski definition) is 2. The van der Waals surface area contributed by atoms with Crippen LogP contribution < -0.4 is 0 Å². The van der Waals surface area contributed by atoms with Gasteiger partial charge in [0, 0.05) is 18.2 Å². The molecule has 0 bridgehead atoms. The van der Waals surface area contributed by atoms with Gasteiger partial charge in [0.05, 0.1) is 10.5 Å². The Morgan fingerprint density at radius 3 is 2.16 bits per heavy atom. The number of carboxylic acids is 1. The van der Waals surface area contributed by atoms with E-state index in [1.54, 1.807) is 6.92 Å². The molecule has 0 atom stereocenters. The molecule has 0 radical (unpaired) electrons. The summed E-state index contributed by atoms with van der Waals surface area (Å²) < 4.78 is 22.9. The third-order valence-corrected chi connectivity index (χ3v) is 3.56. The molecule has 0 aliphatic heterocycles. The Morgan fingerprint density at radius 2 is 1.74 bits per heavy atom. The second kappa shape index (κ2) is 5.31. The molecule has 0 aliphatic carbocycles. The van der Waals surface area contributed by atoms with Crippen LogP contribution in [0.2, 0.25) is 0 Å². The van der Waals surface area contributed by atoms with Crippen LogP contribution in [0.15, 0.2) is 23.1 Å². The number of carboxylic acid groups (broad SMARTS) is 1. The van der Waals surface area contributed by atoms with E-state index in [1.165, 1.54) is 0 Å². The predicted molar refractivity (Wildman–Crippen MR) is 68.6 cm³/mol. The minimum absolute atomic E-state index is 0.00725. The van der Waals surface area contributed by atoms with Gasteiger partial charge in [-0.1, -0.05) is 6.92 Å². The number of carbonyl (C=O) groups excluding carboxylic acids is 1. The SMILES string of the molecule is CCC(=O)C(=N)c1cc(C(=O)O)cc(S(C)(=O)=O)c1. The zero-order valence-electron chi connectivity index (χ0n) is 10.4. The quantitative estimate of drug-likeness (QED) is 0.787. The van der Waals surface area contributed by atoms with Crippen molar-refractivity contribution in [1.29, 1.82) is 5.41 Å². The molecule has 1 aromatic rings. The van der Waals surface area contributed by atoms with Gasteiger partial charge in [-0.2, -0.15) is 0 Å². The van der Waals surface area contributed by atoms with Crippen molar-refractivity contribution < 1.29 is 23.1 Å². The molecule has 0 fully saturated rings. The van der Waals surface area contributed by atoms with Crippen LogP contribution in [0.25, 0.3) is 0 Å². The summed E-state index contributed by atoms with van der Waals surface area (Å²) in [5.41, 5.74) is -0.672. The second-order valence-corrected chi connectivity index (χ2v) is 5.99. The molecule has 0 unspecified atom stereocenters. The molecule has 19 heavy (non-hydrogen) atoms.